The zero-order valence-electron chi connectivity index (χ0n) is 6.64. The lowest BCUT2D eigenvalue weighted by atomic mass is 10.4. The minimum atomic E-state index is -1.12. The number of aliphatic hydroxyl groups excluding tert-OH is 3. The first-order chi connectivity index (χ1) is 5.08. The van der Waals surface area contributed by atoms with Gasteiger partial charge in [-0.2, -0.15) is 0 Å². The van der Waals surface area contributed by atoms with Gasteiger partial charge in [-0.05, 0) is 6.42 Å². The Morgan fingerprint density at radius 1 is 1.18 bits per heavy atom. The van der Waals surface area contributed by atoms with Gasteiger partial charge in [-0.25, -0.2) is 0 Å². The Morgan fingerprint density at radius 3 is 1.45 bits per heavy atom. The van der Waals surface area contributed by atoms with E-state index >= 15 is 0 Å². The molecule has 11 heavy (non-hydrogen) atoms. The molecule has 5 heteroatoms. The molecule has 6 N–H and O–H groups in total. The van der Waals surface area contributed by atoms with E-state index in [9.17, 15) is 0 Å². The van der Waals surface area contributed by atoms with Crippen LogP contribution in [0.3, 0.4) is 0 Å². The summed E-state index contributed by atoms with van der Waals surface area (Å²) in [5.74, 6) is 0. The summed E-state index contributed by atoms with van der Waals surface area (Å²) >= 11 is 0. The van der Waals surface area contributed by atoms with Gasteiger partial charge in [0, 0.05) is 0 Å². The summed E-state index contributed by atoms with van der Waals surface area (Å²) < 4.78 is 0. The predicted octanol–water partition coefficient (Wildman–Crippen LogP) is -1.99. The molecule has 0 aromatic rings. The first-order valence-electron chi connectivity index (χ1n) is 3.41. The van der Waals surface area contributed by atoms with Gasteiger partial charge < -0.3 is 26.2 Å². The zero-order valence-corrected chi connectivity index (χ0v) is 6.64. The largest absolute Gasteiger partial charge is 0.395 e. The Hall–Kier alpha value is -0.200. The second-order valence-corrected chi connectivity index (χ2v) is 2.01. The van der Waals surface area contributed by atoms with Crippen LogP contribution in [0.15, 0.2) is 0 Å². The Bertz CT molecular complexity index is 65.6. The molecule has 0 saturated heterocycles. The highest BCUT2D eigenvalue weighted by Crippen LogP contribution is 1.77. The summed E-state index contributed by atoms with van der Waals surface area (Å²) in [4.78, 5) is 0. The minimum absolute atomic E-state index is 0.142. The standard InChI is InChI=1S/C3H9NO2.C3H8O2/c4-3(1-5)2-6;1-2-3(4)5/h3,5-6H,1-2,4H2;3-5H,2H2,1H3. The molecule has 0 aliphatic heterocycles. The lowest BCUT2D eigenvalue weighted by Crippen LogP contribution is -2.27. The third kappa shape index (κ3) is 17.7. The van der Waals surface area contributed by atoms with Crippen LogP contribution in [0.1, 0.15) is 13.3 Å². The molecule has 0 saturated carbocycles. The molecule has 0 aliphatic carbocycles. The lowest BCUT2D eigenvalue weighted by molar-refractivity contribution is -0.0413. The van der Waals surface area contributed by atoms with E-state index in [1.54, 1.807) is 6.92 Å². The summed E-state index contributed by atoms with van der Waals surface area (Å²) in [7, 11) is 0. The van der Waals surface area contributed by atoms with Crippen LogP contribution in [-0.4, -0.2) is 46.0 Å². The fourth-order valence-electron chi connectivity index (χ4n) is 0.0577. The minimum Gasteiger partial charge on any atom is -0.395 e. The van der Waals surface area contributed by atoms with Gasteiger partial charge in [0.05, 0.1) is 19.3 Å². The maximum absolute atomic E-state index is 8.05. The van der Waals surface area contributed by atoms with E-state index in [4.69, 9.17) is 26.2 Å². The summed E-state index contributed by atoms with van der Waals surface area (Å²) in [5, 5.41) is 31.9. The Labute approximate surface area is 66.1 Å². The van der Waals surface area contributed by atoms with Crippen molar-refractivity contribution < 1.29 is 20.4 Å². The summed E-state index contributed by atoms with van der Waals surface area (Å²) in [5.41, 5.74) is 4.97. The number of hydrogen-bond acceptors (Lipinski definition) is 5. The first-order valence-corrected chi connectivity index (χ1v) is 3.41. The molecule has 0 aromatic carbocycles. The van der Waals surface area contributed by atoms with Crippen LogP contribution in [0.25, 0.3) is 0 Å². The van der Waals surface area contributed by atoms with Gasteiger partial charge in [0.2, 0.25) is 0 Å². The second-order valence-electron chi connectivity index (χ2n) is 2.01. The lowest BCUT2D eigenvalue weighted by Gasteiger charge is -1.98. The van der Waals surface area contributed by atoms with Crippen molar-refractivity contribution in [1.82, 2.24) is 0 Å². The molecule has 70 valence electrons. The number of hydrogen-bond donors (Lipinski definition) is 5. The van der Waals surface area contributed by atoms with Crippen LogP contribution in [-0.2, 0) is 0 Å². The smallest absolute Gasteiger partial charge is 0.151 e. The number of nitrogens with two attached hydrogens (primary N) is 1. The third-order valence-corrected chi connectivity index (χ3v) is 0.834. The molecule has 0 rings (SSSR count). The average Bonchev–Trinajstić information content (AvgIpc) is 2.04. The average molecular weight is 167 g/mol. The Kier molecular flexibility index (Phi) is 11.9. The molecule has 0 unspecified atom stereocenters. The molecule has 5 nitrogen and oxygen atoms in total. The van der Waals surface area contributed by atoms with Crippen LogP contribution in [0, 0.1) is 0 Å². The Morgan fingerprint density at radius 2 is 1.45 bits per heavy atom. The fraction of sp³-hybridized carbons (Fsp3) is 1.00. The summed E-state index contributed by atoms with van der Waals surface area (Å²) in [6, 6.07) is -0.454. The molecular formula is C6H17NO4. The van der Waals surface area contributed by atoms with Crippen molar-refractivity contribution in [2.45, 2.75) is 25.7 Å². The van der Waals surface area contributed by atoms with E-state index in [-0.39, 0.29) is 13.2 Å². The van der Waals surface area contributed by atoms with Crippen molar-refractivity contribution in [3.8, 4) is 0 Å². The van der Waals surface area contributed by atoms with E-state index in [1.807, 2.05) is 0 Å². The van der Waals surface area contributed by atoms with Crippen molar-refractivity contribution in [3.63, 3.8) is 0 Å². The van der Waals surface area contributed by atoms with Crippen molar-refractivity contribution >= 4 is 0 Å². The summed E-state index contributed by atoms with van der Waals surface area (Å²) in [6.07, 6.45) is -0.699. The maximum atomic E-state index is 8.05. The van der Waals surface area contributed by atoms with Crippen LogP contribution >= 0.6 is 0 Å². The molecule has 0 amide bonds. The van der Waals surface area contributed by atoms with Crippen LogP contribution in [0.4, 0.5) is 0 Å². The molecule has 0 atom stereocenters. The second kappa shape index (κ2) is 9.80. The highest BCUT2D eigenvalue weighted by molar-refractivity contribution is 4.52. The molecular weight excluding hydrogens is 150 g/mol. The SMILES string of the molecule is CCC(O)O.NC(CO)CO. The topological polar surface area (TPSA) is 107 Å². The van der Waals surface area contributed by atoms with Gasteiger partial charge in [-0.1, -0.05) is 6.92 Å². The normalized spacial score (nSPS) is 9.82. The van der Waals surface area contributed by atoms with E-state index in [0.29, 0.717) is 6.42 Å². The van der Waals surface area contributed by atoms with Crippen molar-refractivity contribution in [2.24, 2.45) is 5.73 Å². The fourth-order valence-corrected chi connectivity index (χ4v) is 0.0577. The van der Waals surface area contributed by atoms with E-state index in [2.05, 4.69) is 0 Å². The van der Waals surface area contributed by atoms with Gasteiger partial charge in [-0.15, -0.1) is 0 Å². The highest BCUT2D eigenvalue weighted by Gasteiger charge is 1.91. The van der Waals surface area contributed by atoms with E-state index in [1.165, 1.54) is 0 Å². The molecule has 0 aliphatic rings. The van der Waals surface area contributed by atoms with Crippen molar-refractivity contribution in [1.29, 1.82) is 0 Å². The zero-order chi connectivity index (χ0) is 9.28. The molecule has 0 heterocycles. The number of rotatable bonds is 3. The van der Waals surface area contributed by atoms with Crippen LogP contribution in [0.5, 0.6) is 0 Å². The number of aliphatic hydroxyl groups is 4. The molecule has 0 bridgehead atoms. The van der Waals surface area contributed by atoms with Gasteiger partial charge in [0.25, 0.3) is 0 Å². The van der Waals surface area contributed by atoms with Crippen molar-refractivity contribution in [2.75, 3.05) is 13.2 Å². The van der Waals surface area contributed by atoms with Crippen molar-refractivity contribution in [3.05, 3.63) is 0 Å². The van der Waals surface area contributed by atoms with Gasteiger partial charge >= 0.3 is 0 Å². The van der Waals surface area contributed by atoms with Gasteiger partial charge in [0.1, 0.15) is 0 Å². The first kappa shape index (κ1) is 13.4. The van der Waals surface area contributed by atoms with Crippen LogP contribution in [0.2, 0.25) is 0 Å². The predicted molar refractivity (Wildman–Crippen MR) is 40.7 cm³/mol. The molecule has 0 fully saturated rings. The third-order valence-electron chi connectivity index (χ3n) is 0.834. The maximum Gasteiger partial charge on any atom is 0.151 e. The van der Waals surface area contributed by atoms with E-state index in [0.717, 1.165) is 0 Å². The quantitative estimate of drug-likeness (QED) is 0.313. The van der Waals surface area contributed by atoms with Gasteiger partial charge in [-0.3, -0.25) is 0 Å². The molecule has 0 radical (unpaired) electrons. The van der Waals surface area contributed by atoms with E-state index < -0.39 is 12.3 Å². The summed E-state index contributed by atoms with van der Waals surface area (Å²) in [6.45, 7) is 1.41. The van der Waals surface area contributed by atoms with Gasteiger partial charge in [0.15, 0.2) is 6.29 Å². The van der Waals surface area contributed by atoms with Crippen LogP contribution < -0.4 is 5.73 Å². The molecule has 0 spiro atoms. The highest BCUT2D eigenvalue weighted by atomic mass is 16.5. The monoisotopic (exact) mass is 167 g/mol. The molecule has 0 aromatic heterocycles. The Balaban J connectivity index is 0.